The van der Waals surface area contributed by atoms with Crippen molar-refractivity contribution >= 4 is 34.8 Å². The van der Waals surface area contributed by atoms with Gasteiger partial charge in [-0.05, 0) is 181 Å². The summed E-state index contributed by atoms with van der Waals surface area (Å²) in [6.07, 6.45) is 15.1. The Hall–Kier alpha value is -9.60. The number of carbonyl (C=O) groups excluding carboxylic acids is 3. The molecule has 0 atom stereocenters. The van der Waals surface area contributed by atoms with Crippen molar-refractivity contribution in [3.05, 3.63) is 286 Å². The van der Waals surface area contributed by atoms with Gasteiger partial charge in [-0.25, -0.2) is 0 Å². The number of nitrogens with zero attached hydrogens (tertiary/aromatic N) is 6. The zero-order valence-electron chi connectivity index (χ0n) is 45.2. The SMILES string of the molecule is O=C(c1cc(C(=O)N(Cc2ccccc2)c2ccc(-c3ccc4c(c3)CCC4)nc2)cc(C(=O)N(Cc2ccccc2)c2ccc(-c3ccc4c(c3)CCC4)nc2)c1)N(Cc1ccccc1)c1ccc(-c2ccc3c(c2)CCC3)nc1. The molecular weight excluding hydrogens is 997 g/mol. The first-order valence-corrected chi connectivity index (χ1v) is 28.3. The van der Waals surface area contributed by atoms with Crippen LogP contribution in [-0.2, 0) is 58.2 Å². The Labute approximate surface area is 473 Å². The third-order valence-corrected chi connectivity index (χ3v) is 16.3. The highest BCUT2D eigenvalue weighted by Gasteiger charge is 2.29. The zero-order valence-corrected chi connectivity index (χ0v) is 45.2. The fourth-order valence-electron chi connectivity index (χ4n) is 11.9. The number of rotatable bonds is 15. The Morgan fingerprint density at radius 1 is 0.309 bits per heavy atom. The van der Waals surface area contributed by atoms with Gasteiger partial charge in [-0.15, -0.1) is 0 Å². The van der Waals surface area contributed by atoms with E-state index in [9.17, 15) is 0 Å². The molecule has 0 saturated carbocycles. The first-order valence-electron chi connectivity index (χ1n) is 28.3. The average molecular weight is 1060 g/mol. The van der Waals surface area contributed by atoms with Gasteiger partial charge in [0.1, 0.15) is 0 Å². The highest BCUT2D eigenvalue weighted by molar-refractivity contribution is 6.14. The molecule has 3 aromatic heterocycles. The molecule has 0 bridgehead atoms. The van der Waals surface area contributed by atoms with Crippen molar-refractivity contribution in [2.75, 3.05) is 14.7 Å². The van der Waals surface area contributed by atoms with Crippen LogP contribution in [0.4, 0.5) is 17.1 Å². The van der Waals surface area contributed by atoms with E-state index in [-0.39, 0.29) is 36.3 Å². The molecule has 0 radical (unpaired) electrons. The van der Waals surface area contributed by atoms with Crippen molar-refractivity contribution in [2.24, 2.45) is 0 Å². The number of benzene rings is 7. The molecule has 0 fully saturated rings. The molecule has 0 aliphatic heterocycles. The Balaban J connectivity index is 0.915. The van der Waals surface area contributed by atoms with E-state index in [4.69, 9.17) is 15.0 Å². The van der Waals surface area contributed by atoms with Crippen LogP contribution in [0.25, 0.3) is 33.8 Å². The van der Waals surface area contributed by atoms with Crippen molar-refractivity contribution in [2.45, 2.75) is 77.4 Å². The van der Waals surface area contributed by atoms with Crippen LogP contribution in [0.2, 0.25) is 0 Å². The van der Waals surface area contributed by atoms with E-state index in [1.165, 1.54) is 33.4 Å². The number of aryl methyl sites for hydroxylation is 6. The number of carbonyl (C=O) groups is 3. The van der Waals surface area contributed by atoms with Gasteiger partial charge in [0, 0.05) is 33.4 Å². The standard InChI is InChI=1S/C72H60N6O3/c79-70(76(46-49-13-4-1-5-14-49)64-31-34-67(73-43-64)58-28-25-52-19-10-22-55(52)37-58)61-40-62(71(80)77(47-50-15-6-2-7-16-50)65-32-35-68(74-44-65)59-29-26-53-20-11-23-56(53)38-59)42-63(41-61)72(81)78(48-51-17-8-3-9-18-51)66-33-36-69(75-45-66)60-30-27-54-21-12-24-57(54)39-60/h1-9,13-18,25-45H,10-12,19-24,46-48H2. The molecule has 7 aromatic carbocycles. The lowest BCUT2D eigenvalue weighted by atomic mass is 10.0. The lowest BCUT2D eigenvalue weighted by Crippen LogP contribution is -2.34. The summed E-state index contributed by atoms with van der Waals surface area (Å²) in [5.74, 6) is -1.21. The van der Waals surface area contributed by atoms with E-state index in [1.54, 1.807) is 51.5 Å². The fraction of sp³-hybridized carbons (Fsp3) is 0.167. The normalized spacial score (nSPS) is 13.0. The topological polar surface area (TPSA) is 99.6 Å². The lowest BCUT2D eigenvalue weighted by Gasteiger charge is -2.27. The second-order valence-electron chi connectivity index (χ2n) is 21.6. The van der Waals surface area contributed by atoms with Crippen LogP contribution in [0.3, 0.4) is 0 Å². The van der Waals surface area contributed by atoms with Crippen LogP contribution in [-0.4, -0.2) is 32.7 Å². The third kappa shape index (κ3) is 11.0. The number of aromatic nitrogens is 3. The molecule has 10 aromatic rings. The molecule has 3 heterocycles. The van der Waals surface area contributed by atoms with Gasteiger partial charge in [0.2, 0.25) is 0 Å². The minimum Gasteiger partial charge on any atom is -0.302 e. The molecule has 0 spiro atoms. The van der Waals surface area contributed by atoms with Crippen molar-refractivity contribution in [1.82, 2.24) is 15.0 Å². The monoisotopic (exact) mass is 1060 g/mol. The summed E-state index contributed by atoms with van der Waals surface area (Å²) in [5.41, 5.74) is 18.6. The van der Waals surface area contributed by atoms with Crippen LogP contribution in [0, 0.1) is 0 Å². The fourth-order valence-corrected chi connectivity index (χ4v) is 11.9. The van der Waals surface area contributed by atoms with Crippen molar-refractivity contribution in [3.63, 3.8) is 0 Å². The lowest BCUT2D eigenvalue weighted by molar-refractivity contribution is 0.0984. The molecular formula is C72H60N6O3. The van der Waals surface area contributed by atoms with Gasteiger partial charge < -0.3 is 14.7 Å². The Morgan fingerprint density at radius 2 is 0.593 bits per heavy atom. The largest absolute Gasteiger partial charge is 0.302 e. The molecule has 3 aliphatic rings. The third-order valence-electron chi connectivity index (χ3n) is 16.3. The molecule has 3 amide bonds. The maximum absolute atomic E-state index is 15.8. The number of amides is 3. The number of hydrogen-bond donors (Lipinski definition) is 0. The van der Waals surface area contributed by atoms with Crippen LogP contribution in [0.15, 0.2) is 219 Å². The number of hydrogen-bond acceptors (Lipinski definition) is 6. The van der Waals surface area contributed by atoms with E-state index in [2.05, 4.69) is 54.6 Å². The molecule has 3 aliphatic carbocycles. The summed E-state index contributed by atoms with van der Waals surface area (Å²) < 4.78 is 0. The quantitative estimate of drug-likeness (QED) is 0.101. The van der Waals surface area contributed by atoms with Crippen LogP contribution >= 0.6 is 0 Å². The molecule has 9 heteroatoms. The predicted molar refractivity (Wildman–Crippen MR) is 322 cm³/mol. The minimum atomic E-state index is -0.403. The van der Waals surface area contributed by atoms with Crippen LogP contribution < -0.4 is 14.7 Å². The smallest absolute Gasteiger partial charge is 0.258 e. The van der Waals surface area contributed by atoms with Crippen LogP contribution in [0.5, 0.6) is 0 Å². The van der Waals surface area contributed by atoms with Crippen molar-refractivity contribution < 1.29 is 14.4 Å². The van der Waals surface area contributed by atoms with Gasteiger partial charge in [0.05, 0.1) is 72.4 Å². The van der Waals surface area contributed by atoms with Gasteiger partial charge in [0.25, 0.3) is 17.7 Å². The molecule has 9 nitrogen and oxygen atoms in total. The molecule has 0 N–H and O–H groups in total. The Morgan fingerprint density at radius 3 is 0.864 bits per heavy atom. The second kappa shape index (κ2) is 22.6. The maximum atomic E-state index is 15.8. The minimum absolute atomic E-state index is 0.164. The summed E-state index contributed by atoms with van der Waals surface area (Å²) in [7, 11) is 0. The number of fused-ring (bicyclic) bond motifs is 3. The van der Waals surface area contributed by atoms with Gasteiger partial charge in [-0.2, -0.15) is 0 Å². The van der Waals surface area contributed by atoms with E-state index >= 15 is 14.4 Å². The van der Waals surface area contributed by atoms with Gasteiger partial charge in [0.15, 0.2) is 0 Å². The number of pyridine rings is 3. The van der Waals surface area contributed by atoms with Crippen molar-refractivity contribution in [3.8, 4) is 33.8 Å². The average Bonchev–Trinajstić information content (AvgIpc) is 4.38. The zero-order chi connectivity index (χ0) is 54.7. The van der Waals surface area contributed by atoms with Gasteiger partial charge in [-0.3, -0.25) is 29.3 Å². The summed E-state index contributed by atoms with van der Waals surface area (Å²) >= 11 is 0. The first kappa shape index (κ1) is 50.9. The van der Waals surface area contributed by atoms with E-state index in [0.717, 1.165) is 108 Å². The van der Waals surface area contributed by atoms with Crippen LogP contribution in [0.1, 0.15) is 100 Å². The second-order valence-corrected chi connectivity index (χ2v) is 21.6. The Kier molecular flexibility index (Phi) is 14.2. The Bertz CT molecular complexity index is 3520. The molecule has 396 valence electrons. The van der Waals surface area contributed by atoms with Crippen molar-refractivity contribution in [1.29, 1.82) is 0 Å². The highest BCUT2D eigenvalue weighted by Crippen LogP contribution is 2.34. The van der Waals surface area contributed by atoms with Gasteiger partial charge in [-0.1, -0.05) is 127 Å². The molecule has 81 heavy (non-hydrogen) atoms. The van der Waals surface area contributed by atoms with Gasteiger partial charge >= 0.3 is 0 Å². The predicted octanol–water partition coefficient (Wildman–Crippen LogP) is 14.9. The first-order chi connectivity index (χ1) is 39.8. The summed E-state index contributed by atoms with van der Waals surface area (Å²) in [5, 5.41) is 0. The summed E-state index contributed by atoms with van der Waals surface area (Å²) in [6, 6.07) is 65.7. The molecule has 0 unspecified atom stereocenters. The van der Waals surface area contributed by atoms with E-state index in [1.807, 2.05) is 127 Å². The highest BCUT2D eigenvalue weighted by atomic mass is 16.2. The number of anilines is 3. The summed E-state index contributed by atoms with van der Waals surface area (Å²) in [6.45, 7) is 0.600. The summed E-state index contributed by atoms with van der Waals surface area (Å²) in [4.78, 5) is 67.2. The maximum Gasteiger partial charge on any atom is 0.258 e. The molecule has 13 rings (SSSR count). The molecule has 0 saturated heterocycles. The van der Waals surface area contributed by atoms with E-state index in [0.29, 0.717) is 17.1 Å². The van der Waals surface area contributed by atoms with E-state index < -0.39 is 17.7 Å².